The number of hydrogen-bond acceptors (Lipinski definition) is 4. The zero-order valence-electron chi connectivity index (χ0n) is 28.2. The van der Waals surface area contributed by atoms with Gasteiger partial charge in [-0.1, -0.05) is 174 Å². The Morgan fingerprint density at radius 1 is 0.571 bits per heavy atom. The van der Waals surface area contributed by atoms with Crippen molar-refractivity contribution < 1.29 is 19.4 Å². The van der Waals surface area contributed by atoms with E-state index in [1.165, 1.54) is 148 Å². The van der Waals surface area contributed by atoms with Crippen molar-refractivity contribution in [2.45, 2.75) is 212 Å². The van der Waals surface area contributed by atoms with Crippen LogP contribution in [0, 0.1) is 0 Å². The Morgan fingerprint density at radius 3 is 1.33 bits per heavy atom. The van der Waals surface area contributed by atoms with Crippen LogP contribution in [0.25, 0.3) is 0 Å². The maximum Gasteiger partial charge on any atom is 0.328 e. The van der Waals surface area contributed by atoms with E-state index in [-0.39, 0.29) is 18.4 Å². The number of carbonyl (C=O) groups excluding carboxylic acids is 2. The molecule has 0 spiro atoms. The molecule has 5 heteroatoms. The molecule has 1 fully saturated rings. The van der Waals surface area contributed by atoms with Crippen molar-refractivity contribution in [3.05, 3.63) is 0 Å². The summed E-state index contributed by atoms with van der Waals surface area (Å²) in [4.78, 5) is 27.1. The number of ether oxygens (including phenoxy) is 1. The lowest BCUT2D eigenvalue weighted by molar-refractivity contribution is -0.153. The highest BCUT2D eigenvalue weighted by molar-refractivity contribution is 5.85. The summed E-state index contributed by atoms with van der Waals surface area (Å²) >= 11 is 0. The van der Waals surface area contributed by atoms with Crippen LogP contribution in [-0.2, 0) is 14.3 Å². The molecule has 0 radical (unpaired) electrons. The molecule has 5 nitrogen and oxygen atoms in total. The van der Waals surface area contributed by atoms with E-state index in [2.05, 4.69) is 13.8 Å². The lowest BCUT2D eigenvalue weighted by Gasteiger charge is -2.23. The molecular weight excluding hydrogens is 522 g/mol. The summed E-state index contributed by atoms with van der Waals surface area (Å²) in [5.74, 6) is -0.340. The first kappa shape index (κ1) is 38.9. The van der Waals surface area contributed by atoms with Crippen LogP contribution in [-0.4, -0.2) is 47.2 Å². The molecule has 1 aliphatic rings. The lowest BCUT2D eigenvalue weighted by atomic mass is 10.0. The molecule has 1 heterocycles. The van der Waals surface area contributed by atoms with Crippen molar-refractivity contribution in [2.24, 2.45) is 0 Å². The first-order valence-electron chi connectivity index (χ1n) is 18.7. The topological polar surface area (TPSA) is 66.8 Å². The standard InChI is InChI=1S/C37H71NO4/c1-3-5-7-9-11-13-15-17-19-21-23-25-27-29-31-42-37(41)35-32-34(39)33-38(35)36(40)30-28-26-24-22-20-18-16-14-12-10-8-6-4-2/h34-35,39H,3-33H2,1-2H3/t34-,35+/m1/s1. The summed E-state index contributed by atoms with van der Waals surface area (Å²) in [7, 11) is 0. The minimum atomic E-state index is -0.626. The fraction of sp³-hybridized carbons (Fsp3) is 0.946. The van der Waals surface area contributed by atoms with Crippen LogP contribution in [0.1, 0.15) is 200 Å². The highest BCUT2D eigenvalue weighted by Crippen LogP contribution is 2.22. The van der Waals surface area contributed by atoms with Gasteiger partial charge in [-0.25, -0.2) is 4.79 Å². The van der Waals surface area contributed by atoms with Gasteiger partial charge in [0.25, 0.3) is 0 Å². The van der Waals surface area contributed by atoms with E-state index < -0.39 is 12.1 Å². The zero-order chi connectivity index (χ0) is 30.5. The fourth-order valence-corrected chi connectivity index (χ4v) is 6.32. The number of esters is 1. The van der Waals surface area contributed by atoms with Gasteiger partial charge in [-0.2, -0.15) is 0 Å². The molecular formula is C37H71NO4. The molecule has 2 atom stereocenters. The Kier molecular flexibility index (Phi) is 26.6. The van der Waals surface area contributed by atoms with Crippen LogP contribution in [0.4, 0.5) is 0 Å². The number of nitrogens with zero attached hydrogens (tertiary/aromatic N) is 1. The van der Waals surface area contributed by atoms with Crippen LogP contribution in [0.5, 0.6) is 0 Å². The highest BCUT2D eigenvalue weighted by Gasteiger charge is 2.39. The highest BCUT2D eigenvalue weighted by atomic mass is 16.5. The van der Waals surface area contributed by atoms with Gasteiger partial charge < -0.3 is 14.7 Å². The average molecular weight is 594 g/mol. The third-order valence-electron chi connectivity index (χ3n) is 9.11. The number of aliphatic hydroxyl groups excluding tert-OH is 1. The first-order chi connectivity index (χ1) is 20.6. The number of hydrogen-bond donors (Lipinski definition) is 1. The molecule has 1 amide bonds. The van der Waals surface area contributed by atoms with E-state index in [0.717, 1.165) is 25.7 Å². The minimum absolute atomic E-state index is 0.00642. The van der Waals surface area contributed by atoms with Gasteiger partial charge in [0.1, 0.15) is 6.04 Å². The summed E-state index contributed by atoms with van der Waals surface area (Å²) < 4.78 is 5.54. The normalized spacial score (nSPS) is 16.8. The number of carbonyl (C=O) groups is 2. The Morgan fingerprint density at radius 2 is 0.929 bits per heavy atom. The number of rotatable bonds is 30. The molecule has 0 bridgehead atoms. The van der Waals surface area contributed by atoms with E-state index in [1.807, 2.05) is 0 Å². The van der Waals surface area contributed by atoms with Crippen molar-refractivity contribution in [1.82, 2.24) is 4.90 Å². The van der Waals surface area contributed by atoms with Gasteiger partial charge in [-0.15, -0.1) is 0 Å². The molecule has 248 valence electrons. The van der Waals surface area contributed by atoms with Crippen molar-refractivity contribution in [1.29, 1.82) is 0 Å². The van der Waals surface area contributed by atoms with Gasteiger partial charge in [0.2, 0.25) is 5.91 Å². The van der Waals surface area contributed by atoms with Gasteiger partial charge in [0.15, 0.2) is 0 Å². The molecule has 1 aliphatic heterocycles. The summed E-state index contributed by atoms with van der Waals surface area (Å²) in [6.07, 6.45) is 34.9. The summed E-state index contributed by atoms with van der Waals surface area (Å²) in [6.45, 7) is 5.22. The maximum atomic E-state index is 12.8. The van der Waals surface area contributed by atoms with Crippen LogP contribution in [0.15, 0.2) is 0 Å². The summed E-state index contributed by atoms with van der Waals surface area (Å²) in [6, 6.07) is -0.610. The number of amides is 1. The van der Waals surface area contributed by atoms with Crippen LogP contribution in [0.3, 0.4) is 0 Å². The average Bonchev–Trinajstić information content (AvgIpc) is 3.39. The third kappa shape index (κ3) is 21.6. The molecule has 0 aliphatic carbocycles. The van der Waals surface area contributed by atoms with Gasteiger partial charge in [-0.3, -0.25) is 4.79 Å². The van der Waals surface area contributed by atoms with Gasteiger partial charge >= 0.3 is 5.97 Å². The lowest BCUT2D eigenvalue weighted by Crippen LogP contribution is -2.41. The summed E-state index contributed by atoms with van der Waals surface area (Å²) in [5, 5.41) is 10.2. The molecule has 0 aromatic heterocycles. The quantitative estimate of drug-likeness (QED) is 0.0664. The smallest absolute Gasteiger partial charge is 0.328 e. The largest absolute Gasteiger partial charge is 0.464 e. The van der Waals surface area contributed by atoms with E-state index in [0.29, 0.717) is 19.4 Å². The molecule has 0 aromatic rings. The predicted molar refractivity (Wildman–Crippen MR) is 178 cm³/mol. The van der Waals surface area contributed by atoms with Crippen molar-refractivity contribution in [3.8, 4) is 0 Å². The Hall–Kier alpha value is -1.10. The van der Waals surface area contributed by atoms with E-state index in [4.69, 9.17) is 4.74 Å². The second-order valence-electron chi connectivity index (χ2n) is 13.2. The summed E-state index contributed by atoms with van der Waals surface area (Å²) in [5.41, 5.74) is 0. The second-order valence-corrected chi connectivity index (χ2v) is 13.2. The Balaban J connectivity index is 2.00. The van der Waals surface area contributed by atoms with Crippen molar-refractivity contribution in [2.75, 3.05) is 13.2 Å². The van der Waals surface area contributed by atoms with E-state index in [9.17, 15) is 14.7 Å². The second kappa shape index (κ2) is 28.7. The Labute approximate surface area is 261 Å². The molecule has 1 rings (SSSR count). The first-order valence-corrected chi connectivity index (χ1v) is 18.7. The third-order valence-corrected chi connectivity index (χ3v) is 9.11. The zero-order valence-corrected chi connectivity index (χ0v) is 28.2. The minimum Gasteiger partial charge on any atom is -0.464 e. The van der Waals surface area contributed by atoms with Gasteiger partial charge in [0, 0.05) is 19.4 Å². The van der Waals surface area contributed by atoms with Crippen LogP contribution < -0.4 is 0 Å². The predicted octanol–water partition coefficient (Wildman–Crippen LogP) is 10.5. The number of β-amino-alcohol motifs (C(OH)–C–C–N with tert-alkyl or cyclic N) is 1. The van der Waals surface area contributed by atoms with Gasteiger partial charge in [0.05, 0.1) is 12.7 Å². The van der Waals surface area contributed by atoms with E-state index >= 15 is 0 Å². The van der Waals surface area contributed by atoms with Crippen molar-refractivity contribution in [3.63, 3.8) is 0 Å². The maximum absolute atomic E-state index is 12.8. The molecule has 1 N–H and O–H groups in total. The fourth-order valence-electron chi connectivity index (χ4n) is 6.32. The van der Waals surface area contributed by atoms with Crippen LogP contribution in [0.2, 0.25) is 0 Å². The van der Waals surface area contributed by atoms with Gasteiger partial charge in [-0.05, 0) is 12.8 Å². The molecule has 0 unspecified atom stereocenters. The van der Waals surface area contributed by atoms with Crippen molar-refractivity contribution >= 4 is 11.9 Å². The van der Waals surface area contributed by atoms with Crippen LogP contribution >= 0.6 is 0 Å². The molecule has 0 aromatic carbocycles. The number of unbranched alkanes of at least 4 members (excludes halogenated alkanes) is 25. The number of aliphatic hydroxyl groups is 1. The molecule has 42 heavy (non-hydrogen) atoms. The molecule has 0 saturated carbocycles. The monoisotopic (exact) mass is 594 g/mol. The van der Waals surface area contributed by atoms with E-state index in [1.54, 1.807) is 4.90 Å². The molecule has 1 saturated heterocycles. The Bertz CT molecular complexity index is 625. The SMILES string of the molecule is CCCCCCCCCCCCCCCCOC(=O)[C@@H]1C[C@@H](O)CN1C(=O)CCCCCCCCCCCCCCC. The number of likely N-dealkylation sites (tertiary alicyclic amines) is 1.